The minimum atomic E-state index is 0.789. The van der Waals surface area contributed by atoms with Crippen LogP contribution in [0, 0.1) is 0 Å². The van der Waals surface area contributed by atoms with Crippen LogP contribution in [-0.2, 0) is 12.8 Å². The molecule has 0 atom stereocenters. The second-order valence-electron chi connectivity index (χ2n) is 3.72. The van der Waals surface area contributed by atoms with E-state index in [1.807, 2.05) is 36.4 Å². The molecule has 0 saturated heterocycles. The molecule has 0 N–H and O–H groups in total. The fourth-order valence-electron chi connectivity index (χ4n) is 1.67. The molecule has 0 aliphatic carbocycles. The molecule has 2 aromatic carbocycles. The molecule has 0 aromatic heterocycles. The van der Waals surface area contributed by atoms with Gasteiger partial charge in [0.2, 0.25) is 0 Å². The quantitative estimate of drug-likeness (QED) is 0.736. The molecule has 82 valence electrons. The topological polar surface area (TPSA) is 0 Å². The van der Waals surface area contributed by atoms with E-state index in [-0.39, 0.29) is 0 Å². The van der Waals surface area contributed by atoms with Crippen molar-refractivity contribution in [3.05, 3.63) is 69.7 Å². The molecule has 2 rings (SSSR count). The van der Waals surface area contributed by atoms with E-state index in [0.717, 1.165) is 22.9 Å². The molecule has 0 saturated carbocycles. The second kappa shape index (κ2) is 5.38. The van der Waals surface area contributed by atoms with Crippen molar-refractivity contribution in [1.29, 1.82) is 0 Å². The lowest BCUT2D eigenvalue weighted by atomic mass is 10.0. The highest BCUT2D eigenvalue weighted by Crippen LogP contribution is 2.18. The lowest BCUT2D eigenvalue weighted by Gasteiger charge is -2.04. The van der Waals surface area contributed by atoms with Crippen LogP contribution in [0.2, 0.25) is 10.0 Å². The number of hydrogen-bond donors (Lipinski definition) is 0. The molecule has 0 heterocycles. The molecular weight excluding hydrogens is 239 g/mol. The Balaban J connectivity index is 2.05. The highest BCUT2D eigenvalue weighted by atomic mass is 35.5. The first-order valence-corrected chi connectivity index (χ1v) is 5.99. The van der Waals surface area contributed by atoms with Crippen LogP contribution >= 0.6 is 23.2 Å². The molecule has 0 fully saturated rings. The van der Waals surface area contributed by atoms with Crippen LogP contribution in [0.5, 0.6) is 0 Å². The molecule has 2 heteroatoms. The summed E-state index contributed by atoms with van der Waals surface area (Å²) < 4.78 is 0. The number of benzene rings is 2. The van der Waals surface area contributed by atoms with E-state index < -0.39 is 0 Å². The first-order valence-electron chi connectivity index (χ1n) is 5.23. The number of aryl methyl sites for hydroxylation is 2. The van der Waals surface area contributed by atoms with Crippen molar-refractivity contribution in [2.45, 2.75) is 12.8 Å². The van der Waals surface area contributed by atoms with Gasteiger partial charge in [-0.3, -0.25) is 0 Å². The average Bonchev–Trinajstić information content (AvgIpc) is 2.28. The van der Waals surface area contributed by atoms with Crippen molar-refractivity contribution in [2.75, 3.05) is 0 Å². The second-order valence-corrected chi connectivity index (χ2v) is 4.56. The summed E-state index contributed by atoms with van der Waals surface area (Å²) in [6.45, 7) is 0. The van der Waals surface area contributed by atoms with Gasteiger partial charge >= 0.3 is 0 Å². The summed E-state index contributed by atoms with van der Waals surface area (Å²) >= 11 is 12.0. The third-order valence-corrected chi connectivity index (χ3v) is 3.13. The molecule has 0 nitrogen and oxygen atoms in total. The van der Waals surface area contributed by atoms with Gasteiger partial charge in [0.15, 0.2) is 0 Å². The summed E-state index contributed by atoms with van der Waals surface area (Å²) in [5.74, 6) is 0. The van der Waals surface area contributed by atoms with Gasteiger partial charge < -0.3 is 0 Å². The van der Waals surface area contributed by atoms with Gasteiger partial charge in [0.25, 0.3) is 0 Å². The minimum absolute atomic E-state index is 0.789. The Morgan fingerprint density at radius 3 is 2.38 bits per heavy atom. The molecule has 0 unspecified atom stereocenters. The smallest absolute Gasteiger partial charge is 0.0438 e. The Morgan fingerprint density at radius 1 is 0.812 bits per heavy atom. The van der Waals surface area contributed by atoms with Crippen LogP contribution in [0.25, 0.3) is 0 Å². The van der Waals surface area contributed by atoms with Crippen molar-refractivity contribution in [3.8, 4) is 0 Å². The summed E-state index contributed by atoms with van der Waals surface area (Å²) in [7, 11) is 0. The van der Waals surface area contributed by atoms with E-state index in [2.05, 4.69) is 12.1 Å². The lowest BCUT2D eigenvalue weighted by molar-refractivity contribution is 0.960. The van der Waals surface area contributed by atoms with Crippen LogP contribution in [0.15, 0.2) is 48.5 Å². The summed E-state index contributed by atoms with van der Waals surface area (Å²) in [6.07, 6.45) is 1.91. The van der Waals surface area contributed by atoms with Gasteiger partial charge in [0.05, 0.1) is 0 Å². The van der Waals surface area contributed by atoms with Crippen LogP contribution in [-0.4, -0.2) is 0 Å². The minimum Gasteiger partial charge on any atom is -0.0843 e. The molecule has 0 radical (unpaired) electrons. The lowest BCUT2D eigenvalue weighted by Crippen LogP contribution is -1.91. The molecule has 16 heavy (non-hydrogen) atoms. The fourth-order valence-corrected chi connectivity index (χ4v) is 2.12. The predicted octanol–water partition coefficient (Wildman–Crippen LogP) is 4.78. The fraction of sp³-hybridized carbons (Fsp3) is 0.143. The average molecular weight is 251 g/mol. The number of hydrogen-bond acceptors (Lipinski definition) is 0. The Hall–Kier alpha value is -0.980. The van der Waals surface area contributed by atoms with Crippen LogP contribution in [0.4, 0.5) is 0 Å². The molecule has 0 aliphatic rings. The highest BCUT2D eigenvalue weighted by molar-refractivity contribution is 6.31. The van der Waals surface area contributed by atoms with E-state index >= 15 is 0 Å². The van der Waals surface area contributed by atoms with Gasteiger partial charge in [0.1, 0.15) is 0 Å². The normalized spacial score (nSPS) is 10.4. The van der Waals surface area contributed by atoms with Crippen molar-refractivity contribution in [3.63, 3.8) is 0 Å². The van der Waals surface area contributed by atoms with Crippen LogP contribution in [0.1, 0.15) is 11.1 Å². The van der Waals surface area contributed by atoms with Gasteiger partial charge in [-0.25, -0.2) is 0 Å². The zero-order chi connectivity index (χ0) is 11.4. The van der Waals surface area contributed by atoms with Gasteiger partial charge in [-0.15, -0.1) is 0 Å². The molecule has 0 bridgehead atoms. The Morgan fingerprint density at radius 2 is 1.62 bits per heavy atom. The molecule has 2 aromatic rings. The largest absolute Gasteiger partial charge is 0.0843 e. The van der Waals surface area contributed by atoms with E-state index in [0.29, 0.717) is 0 Å². The van der Waals surface area contributed by atoms with E-state index in [4.69, 9.17) is 23.2 Å². The van der Waals surface area contributed by atoms with Gasteiger partial charge in [-0.2, -0.15) is 0 Å². The Bertz CT molecular complexity index is 478. The van der Waals surface area contributed by atoms with Crippen molar-refractivity contribution in [2.24, 2.45) is 0 Å². The zero-order valence-electron chi connectivity index (χ0n) is 8.79. The third kappa shape index (κ3) is 3.01. The standard InChI is InChI=1S/C14H12Cl2/c15-13-6-3-4-11(10-13)8-9-12-5-1-2-7-14(12)16/h1-7,10H,8-9H2. The van der Waals surface area contributed by atoms with E-state index in [1.54, 1.807) is 0 Å². The number of rotatable bonds is 3. The third-order valence-electron chi connectivity index (χ3n) is 2.53. The van der Waals surface area contributed by atoms with Crippen molar-refractivity contribution in [1.82, 2.24) is 0 Å². The molecule has 0 aliphatic heterocycles. The van der Waals surface area contributed by atoms with Gasteiger partial charge in [-0.1, -0.05) is 53.5 Å². The maximum absolute atomic E-state index is 6.10. The summed E-state index contributed by atoms with van der Waals surface area (Å²) in [4.78, 5) is 0. The van der Waals surface area contributed by atoms with Gasteiger partial charge in [0, 0.05) is 10.0 Å². The summed E-state index contributed by atoms with van der Waals surface area (Å²) in [5.41, 5.74) is 2.43. The summed E-state index contributed by atoms with van der Waals surface area (Å²) in [5, 5.41) is 1.63. The number of halogens is 2. The maximum Gasteiger partial charge on any atom is 0.0438 e. The van der Waals surface area contributed by atoms with Crippen molar-refractivity contribution >= 4 is 23.2 Å². The van der Waals surface area contributed by atoms with Crippen LogP contribution < -0.4 is 0 Å². The predicted molar refractivity (Wildman–Crippen MR) is 70.3 cm³/mol. The van der Waals surface area contributed by atoms with Gasteiger partial charge in [-0.05, 0) is 42.2 Å². The molecule has 0 amide bonds. The molecule has 0 spiro atoms. The zero-order valence-corrected chi connectivity index (χ0v) is 10.3. The molecular formula is C14H12Cl2. The van der Waals surface area contributed by atoms with E-state index in [9.17, 15) is 0 Å². The Labute approximate surface area is 106 Å². The Kier molecular flexibility index (Phi) is 3.87. The monoisotopic (exact) mass is 250 g/mol. The SMILES string of the molecule is Clc1cccc(CCc2ccccc2Cl)c1. The van der Waals surface area contributed by atoms with Crippen LogP contribution in [0.3, 0.4) is 0 Å². The summed E-state index contributed by atoms with van der Waals surface area (Å²) in [6, 6.07) is 15.9. The van der Waals surface area contributed by atoms with Crippen molar-refractivity contribution < 1.29 is 0 Å². The highest BCUT2D eigenvalue weighted by Gasteiger charge is 2.00. The van der Waals surface area contributed by atoms with E-state index in [1.165, 1.54) is 11.1 Å². The maximum atomic E-state index is 6.10. The first-order chi connectivity index (χ1) is 7.75. The first kappa shape index (κ1) is 11.5.